The molecule has 1 aromatic heterocycles. The Bertz CT molecular complexity index is 2940. The number of thiophene rings is 1. The molecule has 9 aromatic rings. The molecular formula is C55H39NS. The summed E-state index contributed by atoms with van der Waals surface area (Å²) in [5, 5.41) is 2.60. The Kier molecular flexibility index (Phi) is 8.12. The highest BCUT2D eigenvalue weighted by Crippen LogP contribution is 2.58. The van der Waals surface area contributed by atoms with Crippen molar-refractivity contribution in [3.63, 3.8) is 0 Å². The van der Waals surface area contributed by atoms with Crippen LogP contribution in [0.2, 0.25) is 0 Å². The summed E-state index contributed by atoms with van der Waals surface area (Å²) in [5.74, 6) is 0. The standard InChI is InChI=1S/C55H39NS/c1-5-17-38(18-6-1)39-29-31-43(32-30-39)56(51-36-35-48-47-26-14-16-28-52(47)57-54(48)53(51)40-19-7-2-8-20-40)44-33-34-46-45-25-13-15-27-49(45)55(50(46)37-44,41-21-9-3-10-22-41)42-23-11-4-12-24-42/h1-12,14-24,26-37H,13,25H2. The average Bonchev–Trinajstić information content (AvgIpc) is 3.81. The van der Waals surface area contributed by atoms with Crippen molar-refractivity contribution in [2.24, 2.45) is 0 Å². The minimum atomic E-state index is -0.458. The number of fused-ring (bicyclic) bond motifs is 5. The monoisotopic (exact) mass is 745 g/mol. The Morgan fingerprint density at radius 2 is 1.09 bits per heavy atom. The van der Waals surface area contributed by atoms with Gasteiger partial charge in [0.2, 0.25) is 0 Å². The van der Waals surface area contributed by atoms with E-state index >= 15 is 0 Å². The fourth-order valence-corrected chi connectivity index (χ4v) is 10.8. The van der Waals surface area contributed by atoms with Gasteiger partial charge < -0.3 is 4.90 Å². The lowest BCUT2D eigenvalue weighted by molar-refractivity contribution is 0.756. The van der Waals surface area contributed by atoms with Crippen molar-refractivity contribution in [3.05, 3.63) is 240 Å². The molecule has 0 unspecified atom stereocenters. The van der Waals surface area contributed by atoms with E-state index in [2.05, 4.69) is 217 Å². The SMILES string of the molecule is C1=CC2=C(CC1)c1ccc(N(c3ccc(-c4ccccc4)cc3)c3ccc4c(sc5ccccc54)c3-c3ccccc3)cc1C2(c1ccccc1)c1ccccc1. The van der Waals surface area contributed by atoms with Crippen LogP contribution in [0.4, 0.5) is 17.1 Å². The van der Waals surface area contributed by atoms with E-state index in [0.29, 0.717) is 0 Å². The first-order chi connectivity index (χ1) is 28.3. The summed E-state index contributed by atoms with van der Waals surface area (Å²) in [6, 6.07) is 74.0. The van der Waals surface area contributed by atoms with Crippen LogP contribution in [0.25, 0.3) is 48.0 Å². The highest BCUT2D eigenvalue weighted by Gasteiger charge is 2.47. The Morgan fingerprint density at radius 3 is 1.79 bits per heavy atom. The molecular weight excluding hydrogens is 707 g/mol. The van der Waals surface area contributed by atoms with Crippen LogP contribution in [0, 0.1) is 0 Å². The molecule has 11 rings (SSSR count). The molecule has 270 valence electrons. The smallest absolute Gasteiger partial charge is 0.0710 e. The van der Waals surface area contributed by atoms with Gasteiger partial charge in [0.1, 0.15) is 0 Å². The average molecular weight is 746 g/mol. The maximum atomic E-state index is 2.51. The lowest BCUT2D eigenvalue weighted by Crippen LogP contribution is -2.29. The molecule has 0 N–H and O–H groups in total. The van der Waals surface area contributed by atoms with Gasteiger partial charge in [0.15, 0.2) is 0 Å². The van der Waals surface area contributed by atoms with Gasteiger partial charge in [-0.1, -0.05) is 176 Å². The molecule has 0 bridgehead atoms. The van der Waals surface area contributed by atoms with E-state index in [9.17, 15) is 0 Å². The zero-order valence-electron chi connectivity index (χ0n) is 31.5. The summed E-state index contributed by atoms with van der Waals surface area (Å²) in [5.41, 5.74) is 16.0. The molecule has 0 fully saturated rings. The second-order valence-electron chi connectivity index (χ2n) is 15.1. The highest BCUT2D eigenvalue weighted by atomic mass is 32.1. The minimum absolute atomic E-state index is 0.458. The second-order valence-corrected chi connectivity index (χ2v) is 16.1. The molecule has 1 nitrogen and oxygen atoms in total. The van der Waals surface area contributed by atoms with Crippen molar-refractivity contribution in [2.45, 2.75) is 18.3 Å². The van der Waals surface area contributed by atoms with E-state index in [1.165, 1.54) is 75.8 Å². The molecule has 2 aliphatic rings. The number of nitrogens with zero attached hydrogens (tertiary/aromatic N) is 1. The second kappa shape index (κ2) is 13.8. The van der Waals surface area contributed by atoms with Crippen molar-refractivity contribution in [1.82, 2.24) is 0 Å². The fourth-order valence-electron chi connectivity index (χ4n) is 9.56. The summed E-state index contributed by atoms with van der Waals surface area (Å²) in [6.07, 6.45) is 6.88. The highest BCUT2D eigenvalue weighted by molar-refractivity contribution is 7.26. The third-order valence-corrected chi connectivity index (χ3v) is 13.2. The third kappa shape index (κ3) is 5.36. The Hall–Kier alpha value is -6.74. The van der Waals surface area contributed by atoms with Gasteiger partial charge in [-0.2, -0.15) is 0 Å². The Labute approximate surface area is 338 Å². The molecule has 0 spiro atoms. The van der Waals surface area contributed by atoms with Crippen LogP contribution < -0.4 is 4.90 Å². The molecule has 0 atom stereocenters. The van der Waals surface area contributed by atoms with Crippen molar-refractivity contribution >= 4 is 54.1 Å². The van der Waals surface area contributed by atoms with Crippen molar-refractivity contribution < 1.29 is 0 Å². The Morgan fingerprint density at radius 1 is 0.491 bits per heavy atom. The van der Waals surface area contributed by atoms with Crippen LogP contribution in [0.1, 0.15) is 35.1 Å². The summed E-state index contributed by atoms with van der Waals surface area (Å²) in [7, 11) is 0. The minimum Gasteiger partial charge on any atom is -0.310 e. The Balaban J connectivity index is 1.20. The normalized spacial score (nSPS) is 14.2. The van der Waals surface area contributed by atoms with E-state index < -0.39 is 5.41 Å². The maximum absolute atomic E-state index is 2.51. The maximum Gasteiger partial charge on any atom is 0.0710 e. The number of hydrogen-bond acceptors (Lipinski definition) is 2. The summed E-state index contributed by atoms with van der Waals surface area (Å²) >= 11 is 1.89. The van der Waals surface area contributed by atoms with Crippen LogP contribution >= 0.6 is 11.3 Å². The molecule has 0 aliphatic heterocycles. The van der Waals surface area contributed by atoms with Crippen molar-refractivity contribution in [1.29, 1.82) is 0 Å². The first kappa shape index (κ1) is 33.6. The molecule has 0 radical (unpaired) electrons. The number of benzene rings is 8. The van der Waals surface area contributed by atoms with E-state index in [1.54, 1.807) is 0 Å². The van der Waals surface area contributed by atoms with Crippen LogP contribution in [-0.2, 0) is 5.41 Å². The number of allylic oxidation sites excluding steroid dienone is 4. The predicted molar refractivity (Wildman–Crippen MR) is 243 cm³/mol. The molecule has 0 amide bonds. The quantitative estimate of drug-likeness (QED) is 0.157. The lowest BCUT2D eigenvalue weighted by atomic mass is 9.66. The molecule has 2 heteroatoms. The third-order valence-electron chi connectivity index (χ3n) is 12.0. The van der Waals surface area contributed by atoms with Crippen molar-refractivity contribution in [2.75, 3.05) is 4.90 Å². The molecule has 2 aliphatic carbocycles. The summed E-state index contributed by atoms with van der Waals surface area (Å²) < 4.78 is 2.61. The summed E-state index contributed by atoms with van der Waals surface area (Å²) in [6.45, 7) is 0. The lowest BCUT2D eigenvalue weighted by Gasteiger charge is -2.36. The number of rotatable bonds is 7. The first-order valence-corrected chi connectivity index (χ1v) is 20.7. The van der Waals surface area contributed by atoms with Crippen LogP contribution in [0.5, 0.6) is 0 Å². The molecule has 57 heavy (non-hydrogen) atoms. The number of anilines is 3. The zero-order valence-corrected chi connectivity index (χ0v) is 32.3. The number of hydrogen-bond donors (Lipinski definition) is 0. The summed E-state index contributed by atoms with van der Waals surface area (Å²) in [4.78, 5) is 2.51. The van der Waals surface area contributed by atoms with E-state index in [1.807, 2.05) is 11.3 Å². The molecule has 1 heterocycles. The van der Waals surface area contributed by atoms with Gasteiger partial charge in [0.05, 0.1) is 11.1 Å². The van der Waals surface area contributed by atoms with E-state index in [4.69, 9.17) is 0 Å². The van der Waals surface area contributed by atoms with Gasteiger partial charge in [-0.15, -0.1) is 11.3 Å². The first-order valence-electron chi connectivity index (χ1n) is 19.9. The molecule has 0 saturated heterocycles. The van der Waals surface area contributed by atoms with Crippen molar-refractivity contribution in [3.8, 4) is 22.3 Å². The van der Waals surface area contributed by atoms with Crippen LogP contribution in [-0.4, -0.2) is 0 Å². The van der Waals surface area contributed by atoms with Crippen LogP contribution in [0.3, 0.4) is 0 Å². The fraction of sp³-hybridized carbons (Fsp3) is 0.0545. The van der Waals surface area contributed by atoms with Gasteiger partial charge in [-0.3, -0.25) is 0 Å². The topological polar surface area (TPSA) is 3.24 Å². The zero-order chi connectivity index (χ0) is 37.8. The van der Waals surface area contributed by atoms with Gasteiger partial charge in [-0.25, -0.2) is 0 Å². The van der Waals surface area contributed by atoms with E-state index in [-0.39, 0.29) is 0 Å². The van der Waals surface area contributed by atoms with Gasteiger partial charge in [0, 0.05) is 37.1 Å². The van der Waals surface area contributed by atoms with Gasteiger partial charge in [0.25, 0.3) is 0 Å². The largest absolute Gasteiger partial charge is 0.310 e. The van der Waals surface area contributed by atoms with Gasteiger partial charge >= 0.3 is 0 Å². The molecule has 8 aromatic carbocycles. The molecule has 0 saturated carbocycles. The van der Waals surface area contributed by atoms with Gasteiger partial charge in [-0.05, 0) is 99.3 Å². The predicted octanol–water partition coefficient (Wildman–Crippen LogP) is 15.3. The van der Waals surface area contributed by atoms with Crippen LogP contribution in [0.15, 0.2) is 218 Å². The van der Waals surface area contributed by atoms with E-state index in [0.717, 1.165) is 29.9 Å².